The van der Waals surface area contributed by atoms with Gasteiger partial charge in [0, 0.05) is 11.6 Å². The summed E-state index contributed by atoms with van der Waals surface area (Å²) >= 11 is 1.73. The summed E-state index contributed by atoms with van der Waals surface area (Å²) in [6.07, 6.45) is 9.22. The highest BCUT2D eigenvalue weighted by atomic mass is 32.1. The van der Waals surface area contributed by atoms with Gasteiger partial charge in [0.2, 0.25) is 0 Å². The number of hydrogen-bond acceptors (Lipinski definition) is 3. The summed E-state index contributed by atoms with van der Waals surface area (Å²) in [7, 11) is 1.96. The van der Waals surface area contributed by atoms with Crippen molar-refractivity contribution in [3.8, 4) is 0 Å². The molecule has 1 aromatic carbocycles. The number of benzene rings is 1. The van der Waals surface area contributed by atoms with E-state index in [0.29, 0.717) is 6.04 Å². The van der Waals surface area contributed by atoms with Crippen molar-refractivity contribution in [3.63, 3.8) is 0 Å². The molecule has 0 fully saturated rings. The molecule has 0 spiro atoms. The summed E-state index contributed by atoms with van der Waals surface area (Å²) in [5.74, 6) is 0. The van der Waals surface area contributed by atoms with Crippen LogP contribution in [0.1, 0.15) is 18.4 Å². The Morgan fingerprint density at radius 3 is 2.95 bits per heavy atom. The summed E-state index contributed by atoms with van der Waals surface area (Å²) in [5.41, 5.74) is 2.22. The lowest BCUT2D eigenvalue weighted by Gasteiger charge is -2.03. The lowest BCUT2D eigenvalue weighted by molar-refractivity contribution is 0.729. The second-order valence-corrected chi connectivity index (χ2v) is 5.64. The van der Waals surface area contributed by atoms with Gasteiger partial charge >= 0.3 is 0 Å². The Morgan fingerprint density at radius 1 is 1.45 bits per heavy atom. The van der Waals surface area contributed by atoms with Gasteiger partial charge in [-0.25, -0.2) is 4.98 Å². The van der Waals surface area contributed by atoms with E-state index < -0.39 is 0 Å². The summed E-state index contributed by atoms with van der Waals surface area (Å²) in [5, 5.41) is 4.27. The van der Waals surface area contributed by atoms with Gasteiger partial charge in [0.1, 0.15) is 5.01 Å². The number of para-hydroxylation sites is 1. The Bertz CT molecular complexity index is 604. The molecule has 2 rings (SSSR count). The normalized spacial score (nSPS) is 14.0. The number of fused-ring (bicyclic) bond motifs is 1. The molecular formula is C17H20N2S. The summed E-state index contributed by atoms with van der Waals surface area (Å²) in [6, 6.07) is 8.59. The van der Waals surface area contributed by atoms with Gasteiger partial charge < -0.3 is 5.32 Å². The number of allylic oxidation sites excluding steroid dienone is 4. The fraction of sp³-hybridized carbons (Fsp3) is 0.235. The maximum atomic E-state index is 4.71. The third kappa shape index (κ3) is 3.65. The molecule has 1 atom stereocenters. The summed E-state index contributed by atoms with van der Waals surface area (Å²) in [6.45, 7) is 5.91. The van der Waals surface area contributed by atoms with Gasteiger partial charge in [-0.3, -0.25) is 0 Å². The van der Waals surface area contributed by atoms with Crippen molar-refractivity contribution in [2.75, 3.05) is 7.05 Å². The van der Waals surface area contributed by atoms with E-state index in [1.54, 1.807) is 11.3 Å². The lowest BCUT2D eigenvalue weighted by Crippen LogP contribution is -2.17. The molecule has 0 saturated heterocycles. The Balaban J connectivity index is 2.35. The number of aromatic nitrogens is 1. The van der Waals surface area contributed by atoms with E-state index in [4.69, 9.17) is 4.98 Å². The molecule has 0 amide bonds. The van der Waals surface area contributed by atoms with Gasteiger partial charge in [0.05, 0.1) is 10.2 Å². The zero-order valence-corrected chi connectivity index (χ0v) is 12.8. The van der Waals surface area contributed by atoms with Crippen molar-refractivity contribution in [1.29, 1.82) is 0 Å². The maximum Gasteiger partial charge on any atom is 0.124 e. The largest absolute Gasteiger partial charge is 0.314 e. The molecule has 0 radical (unpaired) electrons. The van der Waals surface area contributed by atoms with Gasteiger partial charge in [0.25, 0.3) is 0 Å². The van der Waals surface area contributed by atoms with Gasteiger partial charge in [-0.2, -0.15) is 0 Å². The van der Waals surface area contributed by atoms with E-state index in [9.17, 15) is 0 Å². The van der Waals surface area contributed by atoms with Crippen LogP contribution in [0.15, 0.2) is 55.1 Å². The molecule has 0 aliphatic carbocycles. The predicted molar refractivity (Wildman–Crippen MR) is 90.1 cm³/mol. The molecule has 20 heavy (non-hydrogen) atoms. The molecule has 0 bridgehead atoms. The van der Waals surface area contributed by atoms with Crippen LogP contribution in [0.25, 0.3) is 15.8 Å². The van der Waals surface area contributed by atoms with Crippen LogP contribution in [0.2, 0.25) is 0 Å². The van der Waals surface area contributed by atoms with Crippen molar-refractivity contribution >= 4 is 27.1 Å². The first-order chi connectivity index (χ1) is 9.74. The van der Waals surface area contributed by atoms with Crippen LogP contribution in [0.4, 0.5) is 0 Å². The molecular weight excluding hydrogens is 264 g/mol. The van der Waals surface area contributed by atoms with Crippen LogP contribution < -0.4 is 5.32 Å². The average Bonchev–Trinajstić information content (AvgIpc) is 2.90. The minimum atomic E-state index is 0.344. The van der Waals surface area contributed by atoms with Crippen molar-refractivity contribution in [1.82, 2.24) is 10.3 Å². The SMILES string of the molecule is C=CC/C=C(\C=C/C(C)NC)c1nc2ccccc2s1. The molecule has 1 unspecified atom stereocenters. The molecule has 0 saturated carbocycles. The topological polar surface area (TPSA) is 24.9 Å². The number of nitrogens with zero attached hydrogens (tertiary/aromatic N) is 1. The molecule has 3 heteroatoms. The van der Waals surface area contributed by atoms with Gasteiger partial charge in [0.15, 0.2) is 0 Å². The van der Waals surface area contributed by atoms with E-state index in [0.717, 1.165) is 22.5 Å². The van der Waals surface area contributed by atoms with Gasteiger partial charge in [-0.15, -0.1) is 17.9 Å². The fourth-order valence-electron chi connectivity index (χ4n) is 1.78. The van der Waals surface area contributed by atoms with E-state index in [1.165, 1.54) is 4.70 Å². The molecule has 0 aliphatic rings. The Labute approximate surface area is 124 Å². The first-order valence-electron chi connectivity index (χ1n) is 6.77. The molecule has 1 N–H and O–H groups in total. The first kappa shape index (κ1) is 14.7. The van der Waals surface area contributed by atoms with Crippen LogP contribution >= 0.6 is 11.3 Å². The highest BCUT2D eigenvalue weighted by Crippen LogP contribution is 2.28. The number of thiazole rings is 1. The van der Waals surface area contributed by atoms with Crippen LogP contribution in [-0.4, -0.2) is 18.1 Å². The van der Waals surface area contributed by atoms with Crippen molar-refractivity contribution in [2.24, 2.45) is 0 Å². The van der Waals surface area contributed by atoms with Crippen LogP contribution in [0.5, 0.6) is 0 Å². The second-order valence-electron chi connectivity index (χ2n) is 4.61. The van der Waals surface area contributed by atoms with Gasteiger partial charge in [-0.1, -0.05) is 36.4 Å². The number of rotatable bonds is 6. The highest BCUT2D eigenvalue weighted by molar-refractivity contribution is 7.19. The summed E-state index contributed by atoms with van der Waals surface area (Å²) < 4.78 is 1.22. The smallest absolute Gasteiger partial charge is 0.124 e. The highest BCUT2D eigenvalue weighted by Gasteiger charge is 2.06. The van der Waals surface area contributed by atoms with E-state index in [2.05, 4.69) is 55.2 Å². The minimum absolute atomic E-state index is 0.344. The minimum Gasteiger partial charge on any atom is -0.314 e. The number of likely N-dealkylation sites (N-methyl/N-ethyl adjacent to an activating group) is 1. The molecule has 1 heterocycles. The molecule has 1 aromatic heterocycles. The molecule has 2 aromatic rings. The fourth-order valence-corrected chi connectivity index (χ4v) is 2.76. The third-order valence-corrected chi connectivity index (χ3v) is 4.15. The average molecular weight is 284 g/mol. The second kappa shape index (κ2) is 7.17. The van der Waals surface area contributed by atoms with E-state index >= 15 is 0 Å². The zero-order valence-electron chi connectivity index (χ0n) is 12.0. The van der Waals surface area contributed by atoms with Crippen LogP contribution in [0, 0.1) is 0 Å². The van der Waals surface area contributed by atoms with E-state index in [1.807, 2.05) is 19.2 Å². The Morgan fingerprint density at radius 2 is 2.25 bits per heavy atom. The van der Waals surface area contributed by atoms with Crippen molar-refractivity contribution < 1.29 is 0 Å². The first-order valence-corrected chi connectivity index (χ1v) is 7.58. The van der Waals surface area contributed by atoms with E-state index in [-0.39, 0.29) is 0 Å². The lowest BCUT2D eigenvalue weighted by atomic mass is 10.1. The maximum absolute atomic E-state index is 4.71. The van der Waals surface area contributed by atoms with Crippen molar-refractivity contribution in [2.45, 2.75) is 19.4 Å². The molecule has 104 valence electrons. The monoisotopic (exact) mass is 284 g/mol. The third-order valence-electron chi connectivity index (χ3n) is 3.07. The number of hydrogen-bond donors (Lipinski definition) is 1. The molecule has 0 aliphatic heterocycles. The standard InChI is InChI=1S/C17H20N2S/c1-4-5-8-14(12-11-13(2)18-3)17-19-15-9-6-7-10-16(15)20-17/h4,6-13,18H,1,5H2,2-3H3/b12-11-,14-8+. The number of nitrogens with one attached hydrogen (secondary N) is 1. The van der Waals surface area contributed by atoms with Crippen molar-refractivity contribution in [3.05, 3.63) is 60.2 Å². The predicted octanol–water partition coefficient (Wildman–Crippen LogP) is 4.42. The van der Waals surface area contributed by atoms with Gasteiger partial charge in [-0.05, 0) is 32.5 Å². The Hall–Kier alpha value is -1.71. The Kier molecular flexibility index (Phi) is 5.27. The van der Waals surface area contributed by atoms with Crippen LogP contribution in [0.3, 0.4) is 0 Å². The summed E-state index contributed by atoms with van der Waals surface area (Å²) in [4.78, 5) is 4.71. The quantitative estimate of drug-likeness (QED) is 0.627. The van der Waals surface area contributed by atoms with Crippen LogP contribution in [-0.2, 0) is 0 Å². The zero-order chi connectivity index (χ0) is 14.4. The molecule has 2 nitrogen and oxygen atoms in total.